The first kappa shape index (κ1) is 25.9. The maximum Gasteiger partial charge on any atom is 0.264 e. The van der Waals surface area contributed by atoms with Gasteiger partial charge in [-0.3, -0.25) is 9.10 Å². The minimum atomic E-state index is -4.03. The normalized spacial score (nSPS) is 11.5. The number of anilines is 1. The van der Waals surface area contributed by atoms with E-state index < -0.39 is 22.5 Å². The minimum Gasteiger partial charge on any atom is -0.494 e. The highest BCUT2D eigenvalue weighted by atomic mass is 79.9. The SMILES string of the molecule is CCOc1ccc(N(CC(=O)N/N=C\c2cc(Br)c(C)o2)S(=O)(=O)c2ccc(SC)cc2)cc1. The number of halogens is 1. The third-order valence-corrected chi connectivity index (χ3v) is 7.95. The van der Waals surface area contributed by atoms with E-state index in [1.165, 1.54) is 30.1 Å². The second-order valence-electron chi connectivity index (χ2n) is 6.96. The lowest BCUT2D eigenvalue weighted by atomic mass is 10.3. The molecule has 180 valence electrons. The van der Waals surface area contributed by atoms with Crippen molar-refractivity contribution in [3.8, 4) is 5.75 Å². The molecule has 0 radical (unpaired) electrons. The van der Waals surface area contributed by atoms with E-state index in [1.54, 1.807) is 49.4 Å². The van der Waals surface area contributed by atoms with Crippen LogP contribution in [0.25, 0.3) is 0 Å². The van der Waals surface area contributed by atoms with Crippen LogP contribution >= 0.6 is 27.7 Å². The molecular weight excluding hydrogens is 542 g/mol. The number of hydrogen-bond donors (Lipinski definition) is 1. The predicted molar refractivity (Wildman–Crippen MR) is 137 cm³/mol. The van der Waals surface area contributed by atoms with E-state index >= 15 is 0 Å². The topological polar surface area (TPSA) is 101 Å². The molecule has 2 aromatic carbocycles. The molecule has 8 nitrogen and oxygen atoms in total. The highest BCUT2D eigenvalue weighted by Gasteiger charge is 2.27. The summed E-state index contributed by atoms with van der Waals surface area (Å²) < 4.78 is 39.6. The molecule has 0 saturated heterocycles. The van der Waals surface area contributed by atoms with Crippen molar-refractivity contribution in [3.63, 3.8) is 0 Å². The lowest BCUT2D eigenvalue weighted by molar-refractivity contribution is -0.119. The van der Waals surface area contributed by atoms with Crippen LogP contribution in [0.15, 0.2) is 78.4 Å². The van der Waals surface area contributed by atoms with Gasteiger partial charge < -0.3 is 9.15 Å². The summed E-state index contributed by atoms with van der Waals surface area (Å²) in [6.45, 7) is 3.65. The number of carbonyl (C=O) groups excluding carboxylic acids is 1. The van der Waals surface area contributed by atoms with E-state index in [2.05, 4.69) is 26.5 Å². The molecule has 0 fully saturated rings. The van der Waals surface area contributed by atoms with Crippen molar-refractivity contribution in [3.05, 3.63) is 70.6 Å². The third kappa shape index (κ3) is 6.43. The van der Waals surface area contributed by atoms with E-state index in [9.17, 15) is 13.2 Å². The summed E-state index contributed by atoms with van der Waals surface area (Å²) in [5.41, 5.74) is 2.68. The number of amides is 1. The Balaban J connectivity index is 1.85. The Labute approximate surface area is 211 Å². The van der Waals surface area contributed by atoms with Crippen LogP contribution in [0.1, 0.15) is 18.4 Å². The molecule has 0 bridgehead atoms. The van der Waals surface area contributed by atoms with Crippen molar-refractivity contribution >= 4 is 55.5 Å². The van der Waals surface area contributed by atoms with Crippen LogP contribution < -0.4 is 14.5 Å². The molecule has 0 spiro atoms. The summed E-state index contributed by atoms with van der Waals surface area (Å²) in [5, 5.41) is 3.88. The molecule has 1 N–H and O–H groups in total. The molecular formula is C23H24BrN3O5S2. The number of carbonyl (C=O) groups is 1. The molecule has 1 aromatic heterocycles. The standard InChI is InChI=1S/C23H24BrN3O5S2/c1-4-31-18-7-5-17(6-8-18)27(34(29,30)21-11-9-20(33-3)10-12-21)15-23(28)26-25-14-19-13-22(24)16(2)32-19/h5-14H,4,15H2,1-3H3,(H,26,28)/b25-14-. The van der Waals surface area contributed by atoms with Crippen molar-refractivity contribution < 1.29 is 22.4 Å². The lowest BCUT2D eigenvalue weighted by Crippen LogP contribution is -2.39. The Bertz CT molecular complexity index is 1240. The van der Waals surface area contributed by atoms with Crippen LogP contribution in [0.4, 0.5) is 5.69 Å². The van der Waals surface area contributed by atoms with Gasteiger partial charge in [-0.2, -0.15) is 5.10 Å². The number of rotatable bonds is 10. The number of nitrogens with zero attached hydrogens (tertiary/aromatic N) is 2. The fraction of sp³-hybridized carbons (Fsp3) is 0.217. The van der Waals surface area contributed by atoms with E-state index in [1.807, 2.05) is 13.2 Å². The van der Waals surface area contributed by atoms with Crippen LogP contribution in [0, 0.1) is 6.92 Å². The number of benzene rings is 2. The fourth-order valence-corrected chi connectivity index (χ4v) is 5.08. The van der Waals surface area contributed by atoms with Gasteiger partial charge in [0, 0.05) is 11.0 Å². The Morgan fingerprint density at radius 1 is 1.21 bits per heavy atom. The van der Waals surface area contributed by atoms with Gasteiger partial charge in [-0.15, -0.1) is 11.8 Å². The summed E-state index contributed by atoms with van der Waals surface area (Å²) in [4.78, 5) is 13.6. The zero-order valence-electron chi connectivity index (χ0n) is 18.8. The molecule has 0 atom stereocenters. The smallest absolute Gasteiger partial charge is 0.264 e. The molecule has 0 saturated carbocycles. The molecule has 1 heterocycles. The van der Waals surface area contributed by atoms with E-state index in [-0.39, 0.29) is 4.90 Å². The van der Waals surface area contributed by atoms with Gasteiger partial charge in [0.1, 0.15) is 23.8 Å². The molecule has 3 rings (SSSR count). The third-order valence-electron chi connectivity index (χ3n) is 4.63. The zero-order chi connectivity index (χ0) is 24.7. The second kappa shape index (κ2) is 11.6. The van der Waals surface area contributed by atoms with Crippen LogP contribution in [0.2, 0.25) is 0 Å². The minimum absolute atomic E-state index is 0.0754. The van der Waals surface area contributed by atoms with Gasteiger partial charge in [0.15, 0.2) is 0 Å². The Morgan fingerprint density at radius 2 is 1.88 bits per heavy atom. The molecule has 11 heteroatoms. The Morgan fingerprint density at radius 3 is 2.44 bits per heavy atom. The average molecular weight is 566 g/mol. The van der Waals surface area contributed by atoms with Gasteiger partial charge >= 0.3 is 0 Å². The Hall–Kier alpha value is -2.76. The van der Waals surface area contributed by atoms with Crippen LogP contribution in [0.5, 0.6) is 5.75 Å². The average Bonchev–Trinajstić information content (AvgIpc) is 3.15. The first-order valence-electron chi connectivity index (χ1n) is 10.2. The number of nitrogens with one attached hydrogen (secondary N) is 1. The van der Waals surface area contributed by atoms with Crippen molar-refractivity contribution in [2.24, 2.45) is 5.10 Å². The number of furan rings is 1. The number of hydrogen-bond acceptors (Lipinski definition) is 7. The maximum absolute atomic E-state index is 13.5. The number of aryl methyl sites for hydroxylation is 1. The van der Waals surface area contributed by atoms with Crippen molar-refractivity contribution in [1.82, 2.24) is 5.43 Å². The van der Waals surface area contributed by atoms with Gasteiger partial charge in [0.25, 0.3) is 15.9 Å². The molecule has 3 aromatic rings. The van der Waals surface area contributed by atoms with Gasteiger partial charge in [0.05, 0.1) is 27.9 Å². The summed E-state index contributed by atoms with van der Waals surface area (Å²) in [7, 11) is -4.03. The maximum atomic E-state index is 13.5. The van der Waals surface area contributed by atoms with Gasteiger partial charge in [-0.05, 0) is 84.6 Å². The number of thioether (sulfide) groups is 1. The van der Waals surface area contributed by atoms with Gasteiger partial charge in [-0.1, -0.05) is 0 Å². The molecule has 0 aliphatic carbocycles. The number of sulfonamides is 1. The van der Waals surface area contributed by atoms with Gasteiger partial charge in [0.2, 0.25) is 0 Å². The van der Waals surface area contributed by atoms with E-state index in [0.717, 1.165) is 13.7 Å². The highest BCUT2D eigenvalue weighted by Crippen LogP contribution is 2.27. The molecule has 0 aliphatic rings. The molecule has 0 aliphatic heterocycles. The fourth-order valence-electron chi connectivity index (χ4n) is 2.94. The van der Waals surface area contributed by atoms with Crippen molar-refractivity contribution in [2.45, 2.75) is 23.6 Å². The molecule has 0 unspecified atom stereocenters. The van der Waals surface area contributed by atoms with E-state index in [4.69, 9.17) is 9.15 Å². The van der Waals surface area contributed by atoms with Crippen LogP contribution in [0.3, 0.4) is 0 Å². The first-order chi connectivity index (χ1) is 16.2. The molecule has 1 amide bonds. The highest BCUT2D eigenvalue weighted by molar-refractivity contribution is 9.10. The monoisotopic (exact) mass is 565 g/mol. The first-order valence-corrected chi connectivity index (χ1v) is 13.7. The summed E-state index contributed by atoms with van der Waals surface area (Å²) in [6.07, 6.45) is 3.25. The zero-order valence-corrected chi connectivity index (χ0v) is 22.0. The van der Waals surface area contributed by atoms with Crippen LogP contribution in [-0.2, 0) is 14.8 Å². The van der Waals surface area contributed by atoms with Gasteiger partial charge in [-0.25, -0.2) is 13.8 Å². The Kier molecular flexibility index (Phi) is 8.81. The summed E-state index contributed by atoms with van der Waals surface area (Å²) >= 11 is 4.84. The summed E-state index contributed by atoms with van der Waals surface area (Å²) in [6, 6.07) is 14.7. The number of hydrazone groups is 1. The number of ether oxygens (including phenoxy) is 1. The second-order valence-corrected chi connectivity index (χ2v) is 10.6. The van der Waals surface area contributed by atoms with E-state index in [0.29, 0.717) is 29.6 Å². The summed E-state index contributed by atoms with van der Waals surface area (Å²) in [5.74, 6) is 1.10. The molecule has 34 heavy (non-hydrogen) atoms. The van der Waals surface area contributed by atoms with Crippen molar-refractivity contribution in [2.75, 3.05) is 23.7 Å². The lowest BCUT2D eigenvalue weighted by Gasteiger charge is -2.24. The largest absolute Gasteiger partial charge is 0.494 e. The van der Waals surface area contributed by atoms with Crippen LogP contribution in [-0.4, -0.2) is 39.9 Å². The quantitative estimate of drug-likeness (QED) is 0.215. The van der Waals surface area contributed by atoms with Crippen molar-refractivity contribution in [1.29, 1.82) is 0 Å². The predicted octanol–water partition coefficient (Wildman–Crippen LogP) is 4.82.